The average molecular weight is 323 g/mol. The molecule has 1 aliphatic heterocycles. The Kier molecular flexibility index (Phi) is 3.65. The van der Waals surface area contributed by atoms with Crippen LogP contribution in [0.3, 0.4) is 0 Å². The van der Waals surface area contributed by atoms with Crippen LogP contribution in [-0.2, 0) is 10.0 Å². The van der Waals surface area contributed by atoms with Crippen molar-refractivity contribution in [2.24, 2.45) is 0 Å². The zero-order valence-electron chi connectivity index (χ0n) is 12.4. The highest BCUT2D eigenvalue weighted by atomic mass is 32.2. The molecular formula is C14H17N3O4S. The predicted octanol–water partition coefficient (Wildman–Crippen LogP) is 0.854. The van der Waals surface area contributed by atoms with Crippen molar-refractivity contribution in [3.8, 4) is 0 Å². The van der Waals surface area contributed by atoms with Crippen molar-refractivity contribution < 1.29 is 17.6 Å². The number of nitrogens with zero attached hydrogens (tertiary/aromatic N) is 3. The Morgan fingerprint density at radius 2 is 1.91 bits per heavy atom. The second-order valence-corrected chi connectivity index (χ2v) is 7.35. The fourth-order valence-corrected chi connectivity index (χ4v) is 3.40. The first-order chi connectivity index (χ1) is 10.3. The SMILES string of the molecule is Cc1nc2ccc(C(=O)N3CCN(S(C)(=O)=O)CC3)cc2o1. The van der Waals surface area contributed by atoms with Gasteiger partial charge < -0.3 is 9.32 Å². The van der Waals surface area contributed by atoms with Crippen LogP contribution in [0.4, 0.5) is 0 Å². The third kappa shape index (κ3) is 2.84. The van der Waals surface area contributed by atoms with Gasteiger partial charge in [0.1, 0.15) is 5.52 Å². The van der Waals surface area contributed by atoms with Crippen LogP contribution >= 0.6 is 0 Å². The van der Waals surface area contributed by atoms with E-state index in [1.165, 1.54) is 10.6 Å². The van der Waals surface area contributed by atoms with Gasteiger partial charge in [0.15, 0.2) is 11.5 Å². The number of rotatable bonds is 2. The number of hydrogen-bond donors (Lipinski definition) is 0. The van der Waals surface area contributed by atoms with Gasteiger partial charge >= 0.3 is 0 Å². The van der Waals surface area contributed by atoms with Crippen molar-refractivity contribution in [3.05, 3.63) is 29.7 Å². The van der Waals surface area contributed by atoms with Gasteiger partial charge in [0.25, 0.3) is 5.91 Å². The monoisotopic (exact) mass is 323 g/mol. The number of fused-ring (bicyclic) bond motifs is 1. The maximum absolute atomic E-state index is 12.5. The number of hydrogen-bond acceptors (Lipinski definition) is 5. The summed E-state index contributed by atoms with van der Waals surface area (Å²) < 4.78 is 29.8. The highest BCUT2D eigenvalue weighted by molar-refractivity contribution is 7.88. The first-order valence-corrected chi connectivity index (χ1v) is 8.81. The second-order valence-electron chi connectivity index (χ2n) is 5.37. The number of carbonyl (C=O) groups is 1. The normalized spacial score (nSPS) is 17.1. The summed E-state index contributed by atoms with van der Waals surface area (Å²) in [6.07, 6.45) is 1.19. The molecule has 0 spiro atoms. The Morgan fingerprint density at radius 1 is 1.23 bits per heavy atom. The Hall–Kier alpha value is -1.93. The van der Waals surface area contributed by atoms with E-state index in [-0.39, 0.29) is 5.91 Å². The molecule has 7 nitrogen and oxygen atoms in total. The van der Waals surface area contributed by atoms with Crippen molar-refractivity contribution >= 4 is 27.0 Å². The zero-order valence-corrected chi connectivity index (χ0v) is 13.3. The quantitative estimate of drug-likeness (QED) is 0.818. The van der Waals surface area contributed by atoms with Gasteiger partial charge in [-0.3, -0.25) is 4.79 Å². The third-order valence-electron chi connectivity index (χ3n) is 3.74. The molecule has 1 aromatic carbocycles. The van der Waals surface area contributed by atoms with E-state index in [4.69, 9.17) is 4.42 Å². The van der Waals surface area contributed by atoms with Crippen LogP contribution in [0.5, 0.6) is 0 Å². The molecular weight excluding hydrogens is 306 g/mol. The van der Waals surface area contributed by atoms with Gasteiger partial charge in [-0.05, 0) is 18.2 Å². The molecule has 2 aromatic rings. The van der Waals surface area contributed by atoms with Crippen LogP contribution in [0.1, 0.15) is 16.2 Å². The molecule has 0 radical (unpaired) electrons. The molecule has 0 unspecified atom stereocenters. The number of oxazole rings is 1. The van der Waals surface area contributed by atoms with Gasteiger partial charge in [-0.25, -0.2) is 13.4 Å². The summed E-state index contributed by atoms with van der Waals surface area (Å²) in [6.45, 7) is 3.19. The molecule has 0 saturated carbocycles. The maximum Gasteiger partial charge on any atom is 0.254 e. The highest BCUT2D eigenvalue weighted by Gasteiger charge is 2.26. The van der Waals surface area contributed by atoms with Crippen LogP contribution in [0.2, 0.25) is 0 Å². The summed E-state index contributed by atoms with van der Waals surface area (Å²) >= 11 is 0. The van der Waals surface area contributed by atoms with E-state index in [0.717, 1.165) is 5.52 Å². The Labute approximate surface area is 128 Å². The van der Waals surface area contributed by atoms with Crippen molar-refractivity contribution in [2.75, 3.05) is 32.4 Å². The lowest BCUT2D eigenvalue weighted by molar-refractivity contribution is 0.0698. The Balaban J connectivity index is 1.76. The van der Waals surface area contributed by atoms with E-state index < -0.39 is 10.0 Å². The molecule has 3 rings (SSSR count). The smallest absolute Gasteiger partial charge is 0.254 e. The molecule has 0 aliphatic carbocycles. The van der Waals surface area contributed by atoms with Crippen molar-refractivity contribution in [3.63, 3.8) is 0 Å². The number of piperazine rings is 1. The number of amides is 1. The molecule has 22 heavy (non-hydrogen) atoms. The summed E-state index contributed by atoms with van der Waals surface area (Å²) in [5.41, 5.74) is 1.82. The lowest BCUT2D eigenvalue weighted by Crippen LogP contribution is -2.50. The predicted molar refractivity (Wildman–Crippen MR) is 81.1 cm³/mol. The molecule has 1 aromatic heterocycles. The molecule has 0 atom stereocenters. The topological polar surface area (TPSA) is 83.7 Å². The molecule has 1 saturated heterocycles. The van der Waals surface area contributed by atoms with Crippen LogP contribution in [0.15, 0.2) is 22.6 Å². The average Bonchev–Trinajstić information content (AvgIpc) is 2.84. The number of aromatic nitrogens is 1. The first-order valence-electron chi connectivity index (χ1n) is 6.96. The van der Waals surface area contributed by atoms with Crippen LogP contribution < -0.4 is 0 Å². The van der Waals surface area contributed by atoms with E-state index in [9.17, 15) is 13.2 Å². The minimum atomic E-state index is -3.19. The Bertz CT molecular complexity index is 820. The molecule has 0 bridgehead atoms. The highest BCUT2D eigenvalue weighted by Crippen LogP contribution is 2.18. The minimum absolute atomic E-state index is 0.121. The number of aryl methyl sites for hydroxylation is 1. The molecule has 118 valence electrons. The number of benzene rings is 1. The molecule has 2 heterocycles. The first kappa shape index (κ1) is 15.0. The zero-order chi connectivity index (χ0) is 15.9. The van der Waals surface area contributed by atoms with E-state index >= 15 is 0 Å². The minimum Gasteiger partial charge on any atom is -0.441 e. The fourth-order valence-electron chi connectivity index (χ4n) is 2.58. The Morgan fingerprint density at radius 3 is 2.55 bits per heavy atom. The van der Waals surface area contributed by atoms with Crippen LogP contribution in [0.25, 0.3) is 11.1 Å². The van der Waals surface area contributed by atoms with E-state index in [1.54, 1.807) is 30.0 Å². The van der Waals surface area contributed by atoms with Gasteiger partial charge in [0.2, 0.25) is 10.0 Å². The number of carbonyl (C=O) groups excluding carboxylic acids is 1. The maximum atomic E-state index is 12.5. The summed E-state index contributed by atoms with van der Waals surface area (Å²) in [6, 6.07) is 5.15. The van der Waals surface area contributed by atoms with Gasteiger partial charge in [-0.1, -0.05) is 0 Å². The molecule has 1 fully saturated rings. The molecule has 1 amide bonds. The van der Waals surface area contributed by atoms with Crippen LogP contribution in [0, 0.1) is 6.92 Å². The second kappa shape index (κ2) is 5.36. The summed E-state index contributed by atoms with van der Waals surface area (Å²) in [7, 11) is -3.19. The largest absolute Gasteiger partial charge is 0.441 e. The lowest BCUT2D eigenvalue weighted by Gasteiger charge is -2.33. The van der Waals surface area contributed by atoms with Crippen LogP contribution in [-0.4, -0.2) is 60.9 Å². The van der Waals surface area contributed by atoms with Gasteiger partial charge in [-0.15, -0.1) is 0 Å². The fraction of sp³-hybridized carbons (Fsp3) is 0.429. The van der Waals surface area contributed by atoms with Gasteiger partial charge in [0.05, 0.1) is 6.26 Å². The number of sulfonamides is 1. The standard InChI is InChI=1S/C14H17N3O4S/c1-10-15-12-4-3-11(9-13(12)21-10)14(18)16-5-7-17(8-6-16)22(2,19)20/h3-4,9H,5-8H2,1-2H3. The van der Waals surface area contributed by atoms with Crippen molar-refractivity contribution in [1.82, 2.24) is 14.2 Å². The summed E-state index contributed by atoms with van der Waals surface area (Å²) in [4.78, 5) is 18.4. The summed E-state index contributed by atoms with van der Waals surface area (Å²) in [5, 5.41) is 0. The lowest BCUT2D eigenvalue weighted by atomic mass is 10.1. The van der Waals surface area contributed by atoms with E-state index in [2.05, 4.69) is 4.98 Å². The van der Waals surface area contributed by atoms with Crippen molar-refractivity contribution in [2.45, 2.75) is 6.92 Å². The third-order valence-corrected chi connectivity index (χ3v) is 5.04. The summed E-state index contributed by atoms with van der Waals surface area (Å²) in [5.74, 6) is 0.436. The molecule has 1 aliphatic rings. The van der Waals surface area contributed by atoms with Crippen molar-refractivity contribution in [1.29, 1.82) is 0 Å². The molecule has 8 heteroatoms. The molecule has 0 N–H and O–H groups in total. The van der Waals surface area contributed by atoms with E-state index in [0.29, 0.717) is 43.2 Å². The van der Waals surface area contributed by atoms with Gasteiger partial charge in [0, 0.05) is 38.7 Å². The van der Waals surface area contributed by atoms with E-state index in [1.807, 2.05) is 0 Å². The van der Waals surface area contributed by atoms with Gasteiger partial charge in [-0.2, -0.15) is 4.31 Å².